The molecule has 0 saturated heterocycles. The Balaban J connectivity index is 2.19. The number of aryl methyl sites for hydroxylation is 1. The highest BCUT2D eigenvalue weighted by Crippen LogP contribution is 2.21. The molecule has 0 fully saturated rings. The van der Waals surface area contributed by atoms with E-state index in [4.69, 9.17) is 5.26 Å². The first-order valence-corrected chi connectivity index (χ1v) is 7.05. The Morgan fingerprint density at radius 2 is 2.05 bits per heavy atom. The van der Waals surface area contributed by atoms with Crippen LogP contribution in [0, 0.1) is 18.3 Å². The summed E-state index contributed by atoms with van der Waals surface area (Å²) in [6.45, 7) is 3.68. The van der Waals surface area contributed by atoms with Crippen molar-refractivity contribution < 1.29 is 9.90 Å². The molecule has 1 atom stereocenters. The number of hydrogen-bond acceptors (Lipinski definition) is 4. The second-order valence-electron chi connectivity index (χ2n) is 5.18. The van der Waals surface area contributed by atoms with Gasteiger partial charge < -0.3 is 10.4 Å². The van der Waals surface area contributed by atoms with Gasteiger partial charge in [0.25, 0.3) is 0 Å². The number of carbonyl (C=O) groups is 1. The number of nitrogens with one attached hydrogen (secondary N) is 1. The fraction of sp³-hybridized carbons (Fsp3) is 0.222. The molecule has 0 saturated carbocycles. The third-order valence-corrected chi connectivity index (χ3v) is 3.56. The van der Waals surface area contributed by atoms with E-state index < -0.39 is 6.10 Å². The number of carbonyl (C=O) groups excluding carboxylic acids is 1. The molecule has 2 aromatic rings. The normalized spacial score (nSPS) is 11.5. The molecule has 0 aliphatic rings. The number of aliphatic hydroxyl groups is 1. The van der Waals surface area contributed by atoms with Crippen molar-refractivity contribution in [1.82, 2.24) is 0 Å². The van der Waals surface area contributed by atoms with E-state index in [1.165, 1.54) is 6.92 Å². The Hall–Kier alpha value is -2.64. The van der Waals surface area contributed by atoms with Gasteiger partial charge >= 0.3 is 0 Å². The minimum Gasteiger partial charge on any atom is -0.387 e. The first kappa shape index (κ1) is 15.7. The highest BCUT2D eigenvalue weighted by Gasteiger charge is 2.12. The molecule has 4 heteroatoms. The molecule has 0 heterocycles. The Morgan fingerprint density at radius 1 is 1.32 bits per heavy atom. The van der Waals surface area contributed by atoms with Crippen LogP contribution in [0.3, 0.4) is 0 Å². The first-order valence-electron chi connectivity index (χ1n) is 7.05. The average molecular weight is 294 g/mol. The van der Waals surface area contributed by atoms with E-state index in [-0.39, 0.29) is 12.3 Å². The van der Waals surface area contributed by atoms with Gasteiger partial charge in [-0.3, -0.25) is 4.79 Å². The van der Waals surface area contributed by atoms with Crippen LogP contribution in [0.1, 0.15) is 40.1 Å². The minimum atomic E-state index is -0.688. The monoisotopic (exact) mass is 294 g/mol. The smallest absolute Gasteiger partial charge is 0.161 e. The summed E-state index contributed by atoms with van der Waals surface area (Å²) in [5.41, 5.74) is 3.40. The molecule has 0 radical (unpaired) electrons. The van der Waals surface area contributed by atoms with Gasteiger partial charge in [-0.2, -0.15) is 5.26 Å². The SMILES string of the molecule is CC(=O)c1ccc(C#N)cc1NCC(O)c1ccccc1C. The number of nitriles is 1. The maximum atomic E-state index is 11.6. The van der Waals surface area contributed by atoms with E-state index in [0.29, 0.717) is 16.8 Å². The van der Waals surface area contributed by atoms with Gasteiger partial charge in [-0.15, -0.1) is 0 Å². The molecular weight excluding hydrogens is 276 g/mol. The summed E-state index contributed by atoms with van der Waals surface area (Å²) in [4.78, 5) is 11.6. The van der Waals surface area contributed by atoms with Gasteiger partial charge in [-0.05, 0) is 43.2 Å². The van der Waals surface area contributed by atoms with Crippen LogP contribution in [0.4, 0.5) is 5.69 Å². The topological polar surface area (TPSA) is 73.1 Å². The van der Waals surface area contributed by atoms with Crippen molar-refractivity contribution in [2.24, 2.45) is 0 Å². The number of Topliss-reactive ketones (excluding diaryl/α,β-unsaturated/α-hetero) is 1. The predicted octanol–water partition coefficient (Wildman–Crippen LogP) is 3.21. The largest absolute Gasteiger partial charge is 0.387 e. The maximum Gasteiger partial charge on any atom is 0.161 e. The molecule has 0 amide bonds. The second kappa shape index (κ2) is 6.88. The standard InChI is InChI=1S/C18H18N2O2/c1-12-5-3-4-6-15(12)18(22)11-20-17-9-14(10-19)7-8-16(17)13(2)21/h3-9,18,20,22H,11H2,1-2H3. The van der Waals surface area contributed by atoms with E-state index in [1.54, 1.807) is 18.2 Å². The zero-order valence-corrected chi connectivity index (χ0v) is 12.6. The van der Waals surface area contributed by atoms with Gasteiger partial charge in [0.1, 0.15) is 0 Å². The van der Waals surface area contributed by atoms with Crippen LogP contribution >= 0.6 is 0 Å². The Morgan fingerprint density at radius 3 is 2.68 bits per heavy atom. The summed E-state index contributed by atoms with van der Waals surface area (Å²) < 4.78 is 0. The number of ketones is 1. The molecular formula is C18H18N2O2. The van der Waals surface area contributed by atoms with Crippen LogP contribution < -0.4 is 5.32 Å². The van der Waals surface area contributed by atoms with Crippen molar-refractivity contribution >= 4 is 11.5 Å². The van der Waals surface area contributed by atoms with Gasteiger partial charge in [0.2, 0.25) is 0 Å². The zero-order chi connectivity index (χ0) is 16.1. The molecule has 4 nitrogen and oxygen atoms in total. The van der Waals surface area contributed by atoms with Crippen LogP contribution in [0.15, 0.2) is 42.5 Å². The Kier molecular flexibility index (Phi) is 4.92. The van der Waals surface area contributed by atoms with Gasteiger partial charge in [-0.25, -0.2) is 0 Å². The maximum absolute atomic E-state index is 11.6. The molecule has 0 bridgehead atoms. The summed E-state index contributed by atoms with van der Waals surface area (Å²) in [7, 11) is 0. The number of aliphatic hydroxyl groups excluding tert-OH is 1. The fourth-order valence-electron chi connectivity index (χ4n) is 2.34. The number of anilines is 1. The third-order valence-electron chi connectivity index (χ3n) is 3.56. The number of hydrogen-bond donors (Lipinski definition) is 2. The quantitative estimate of drug-likeness (QED) is 0.830. The van der Waals surface area contributed by atoms with Crippen LogP contribution in [-0.4, -0.2) is 17.4 Å². The molecule has 1 unspecified atom stereocenters. The van der Waals surface area contributed by atoms with Gasteiger partial charge in [-0.1, -0.05) is 24.3 Å². The molecule has 2 rings (SSSR count). The average Bonchev–Trinajstić information content (AvgIpc) is 2.52. The first-order chi connectivity index (χ1) is 10.5. The molecule has 2 aromatic carbocycles. The van der Waals surface area contributed by atoms with Gasteiger partial charge in [0.15, 0.2) is 5.78 Å². The minimum absolute atomic E-state index is 0.0858. The number of benzene rings is 2. The second-order valence-corrected chi connectivity index (χ2v) is 5.18. The number of nitrogens with zero attached hydrogens (tertiary/aromatic N) is 1. The highest BCUT2D eigenvalue weighted by molar-refractivity contribution is 5.99. The van der Waals surface area contributed by atoms with Crippen molar-refractivity contribution in [2.45, 2.75) is 20.0 Å². The molecule has 0 aromatic heterocycles. The van der Waals surface area contributed by atoms with Crippen molar-refractivity contribution in [1.29, 1.82) is 5.26 Å². The summed E-state index contributed by atoms with van der Waals surface area (Å²) >= 11 is 0. The summed E-state index contributed by atoms with van der Waals surface area (Å²) in [5.74, 6) is -0.0858. The Bertz CT molecular complexity index is 732. The lowest BCUT2D eigenvalue weighted by molar-refractivity contribution is 0.101. The zero-order valence-electron chi connectivity index (χ0n) is 12.6. The molecule has 2 N–H and O–H groups in total. The number of rotatable bonds is 5. The van der Waals surface area contributed by atoms with Gasteiger partial charge in [0, 0.05) is 17.8 Å². The van der Waals surface area contributed by atoms with Crippen molar-refractivity contribution in [3.63, 3.8) is 0 Å². The van der Waals surface area contributed by atoms with Crippen LogP contribution in [0.2, 0.25) is 0 Å². The van der Waals surface area contributed by atoms with Crippen LogP contribution in [-0.2, 0) is 0 Å². The molecule has 0 spiro atoms. The Labute approximate surface area is 130 Å². The van der Waals surface area contributed by atoms with Crippen LogP contribution in [0.5, 0.6) is 0 Å². The predicted molar refractivity (Wildman–Crippen MR) is 85.8 cm³/mol. The fourth-order valence-corrected chi connectivity index (χ4v) is 2.34. The van der Waals surface area contributed by atoms with Crippen molar-refractivity contribution in [3.8, 4) is 6.07 Å². The van der Waals surface area contributed by atoms with Crippen LogP contribution in [0.25, 0.3) is 0 Å². The molecule has 22 heavy (non-hydrogen) atoms. The molecule has 0 aliphatic carbocycles. The summed E-state index contributed by atoms with van der Waals surface area (Å²) in [5, 5.41) is 22.4. The lowest BCUT2D eigenvalue weighted by Gasteiger charge is -2.17. The van der Waals surface area contributed by atoms with E-state index in [2.05, 4.69) is 5.32 Å². The third kappa shape index (κ3) is 3.51. The van der Waals surface area contributed by atoms with Gasteiger partial charge in [0.05, 0.1) is 17.7 Å². The summed E-state index contributed by atoms with van der Waals surface area (Å²) in [6.07, 6.45) is -0.688. The summed E-state index contributed by atoms with van der Waals surface area (Å²) in [6, 6.07) is 14.5. The lowest BCUT2D eigenvalue weighted by Crippen LogP contribution is -2.15. The molecule has 112 valence electrons. The van der Waals surface area contributed by atoms with Crippen molar-refractivity contribution in [3.05, 3.63) is 64.7 Å². The van der Waals surface area contributed by atoms with E-state index in [1.807, 2.05) is 37.3 Å². The van der Waals surface area contributed by atoms with E-state index in [9.17, 15) is 9.90 Å². The van der Waals surface area contributed by atoms with E-state index >= 15 is 0 Å². The molecule has 0 aliphatic heterocycles. The van der Waals surface area contributed by atoms with E-state index in [0.717, 1.165) is 11.1 Å². The highest BCUT2D eigenvalue weighted by atomic mass is 16.3. The van der Waals surface area contributed by atoms with Crippen molar-refractivity contribution in [2.75, 3.05) is 11.9 Å². The lowest BCUT2D eigenvalue weighted by atomic mass is 10.0.